The second-order valence-corrected chi connectivity index (χ2v) is 9.23. The topological polar surface area (TPSA) is 82.1 Å². The first-order valence-electron chi connectivity index (χ1n) is 11.6. The number of aryl methyl sites for hydroxylation is 1. The lowest BCUT2D eigenvalue weighted by molar-refractivity contribution is -0.134. The molecule has 0 saturated carbocycles. The van der Waals surface area contributed by atoms with Crippen LogP contribution in [0.4, 0.5) is 0 Å². The molecule has 2 heterocycles. The number of fused-ring (bicyclic) bond motifs is 2. The molecule has 32 heavy (non-hydrogen) atoms. The van der Waals surface area contributed by atoms with Crippen molar-refractivity contribution >= 4 is 17.3 Å². The Morgan fingerprint density at radius 3 is 2.59 bits per heavy atom. The molecule has 0 amide bonds. The van der Waals surface area contributed by atoms with Crippen molar-refractivity contribution in [2.75, 3.05) is 19.8 Å². The van der Waals surface area contributed by atoms with Crippen LogP contribution in [0.2, 0.25) is 0 Å². The molecule has 1 atom stereocenters. The van der Waals surface area contributed by atoms with Gasteiger partial charge in [0.25, 0.3) is 0 Å². The monoisotopic (exact) mass is 440 g/mol. The highest BCUT2D eigenvalue weighted by Crippen LogP contribution is 2.45. The van der Waals surface area contributed by atoms with Crippen LogP contribution in [-0.2, 0) is 20.7 Å². The van der Waals surface area contributed by atoms with Crippen molar-refractivity contribution in [3.05, 3.63) is 40.5 Å². The molecule has 2 aliphatic heterocycles. The van der Waals surface area contributed by atoms with Crippen LogP contribution in [0, 0.1) is 11.8 Å². The number of hydrogen-bond acceptors (Lipinski definition) is 5. The predicted molar refractivity (Wildman–Crippen MR) is 121 cm³/mol. The molecule has 1 aromatic carbocycles. The van der Waals surface area contributed by atoms with Crippen LogP contribution in [-0.4, -0.2) is 42.8 Å². The van der Waals surface area contributed by atoms with Crippen LogP contribution in [0.1, 0.15) is 57.6 Å². The van der Waals surface area contributed by atoms with Gasteiger partial charge in [-0.1, -0.05) is 20.8 Å². The highest BCUT2D eigenvalue weighted by Gasteiger charge is 2.33. The molecule has 1 aromatic rings. The zero-order chi connectivity index (χ0) is 22.8. The number of benzene rings is 1. The fourth-order valence-corrected chi connectivity index (χ4v) is 4.55. The highest BCUT2D eigenvalue weighted by molar-refractivity contribution is 6.17. The second kappa shape index (κ2) is 9.49. The van der Waals surface area contributed by atoms with E-state index >= 15 is 0 Å². The van der Waals surface area contributed by atoms with Crippen LogP contribution in [0.5, 0.6) is 11.5 Å². The molecule has 0 spiro atoms. The van der Waals surface area contributed by atoms with E-state index in [9.17, 15) is 14.7 Å². The van der Waals surface area contributed by atoms with Crippen LogP contribution < -0.4 is 9.47 Å². The van der Waals surface area contributed by atoms with Gasteiger partial charge in [-0.3, -0.25) is 4.79 Å². The Labute approximate surface area is 189 Å². The number of carbonyl (C=O) groups excluding carboxylic acids is 1. The minimum atomic E-state index is -1.17. The summed E-state index contributed by atoms with van der Waals surface area (Å²) in [5.41, 5.74) is 3.86. The molecule has 1 unspecified atom stereocenters. The van der Waals surface area contributed by atoms with Crippen LogP contribution in [0.15, 0.2) is 29.4 Å². The molecule has 1 fully saturated rings. The first-order chi connectivity index (χ1) is 15.4. The number of carbonyl (C=O) groups is 2. The maximum Gasteiger partial charge on any atom is 0.339 e. The number of Topliss-reactive ketones (excluding diaryl/α,β-unsaturated/α-hetero) is 1. The molecule has 0 bridgehead atoms. The fourth-order valence-electron chi connectivity index (χ4n) is 4.55. The first-order valence-corrected chi connectivity index (χ1v) is 11.6. The van der Waals surface area contributed by atoms with Gasteiger partial charge in [-0.25, -0.2) is 4.79 Å². The normalized spacial score (nSPS) is 23.1. The van der Waals surface area contributed by atoms with Gasteiger partial charge in [0.1, 0.15) is 23.2 Å². The molecular formula is C26H32O6. The maximum absolute atomic E-state index is 12.5. The van der Waals surface area contributed by atoms with E-state index in [1.165, 1.54) is 0 Å². The van der Waals surface area contributed by atoms with E-state index in [4.69, 9.17) is 14.2 Å². The van der Waals surface area contributed by atoms with E-state index in [2.05, 4.69) is 26.8 Å². The molecule has 1 N–H and O–H groups in total. The van der Waals surface area contributed by atoms with Crippen LogP contribution in [0.3, 0.4) is 0 Å². The lowest BCUT2D eigenvalue weighted by Gasteiger charge is -2.34. The summed E-state index contributed by atoms with van der Waals surface area (Å²) in [4.78, 5) is 24.4. The first kappa shape index (κ1) is 22.6. The molecule has 1 aliphatic carbocycles. The number of carboxylic acid groups (broad SMARTS) is 1. The number of ether oxygens (including phenoxy) is 3. The van der Waals surface area contributed by atoms with E-state index in [0.717, 1.165) is 66.2 Å². The fraction of sp³-hybridized carbons (Fsp3) is 0.538. The molecule has 0 aromatic heterocycles. The molecule has 3 aliphatic rings. The van der Waals surface area contributed by atoms with Crippen molar-refractivity contribution < 1.29 is 28.9 Å². The molecule has 6 heteroatoms. The van der Waals surface area contributed by atoms with Crippen molar-refractivity contribution in [2.24, 2.45) is 11.8 Å². The lowest BCUT2D eigenvalue weighted by Crippen LogP contribution is -2.33. The van der Waals surface area contributed by atoms with Crippen LogP contribution >= 0.6 is 0 Å². The predicted octanol–water partition coefficient (Wildman–Crippen LogP) is 4.60. The minimum Gasteiger partial charge on any atom is -0.493 e. The Hall–Kier alpha value is -2.60. The summed E-state index contributed by atoms with van der Waals surface area (Å²) in [6, 6.07) is 4.12. The standard InChI is InChI=1S/C26H32O6/c1-4-17-9-19-18-7-5-6-8-22(27)21(26(28)29)10-20(18)25(15(2)3)32-24(19)11-23(17)31-14-16-12-30-13-16/h9-11,15-16,25H,4-8,12-14H2,1-3H3,(H,28,29)/b21-10+. The van der Waals surface area contributed by atoms with Gasteiger partial charge in [0.2, 0.25) is 0 Å². The number of hydrogen-bond donors (Lipinski definition) is 1. The van der Waals surface area contributed by atoms with Crippen molar-refractivity contribution in [1.29, 1.82) is 0 Å². The lowest BCUT2D eigenvalue weighted by atomic mass is 9.84. The quantitative estimate of drug-likeness (QED) is 0.651. The molecule has 1 saturated heterocycles. The smallest absolute Gasteiger partial charge is 0.339 e. The van der Waals surface area contributed by atoms with Crippen molar-refractivity contribution in [3.8, 4) is 11.5 Å². The average Bonchev–Trinajstić information content (AvgIpc) is 2.80. The van der Waals surface area contributed by atoms with Gasteiger partial charge in [0, 0.05) is 24.0 Å². The molecule has 172 valence electrons. The van der Waals surface area contributed by atoms with Crippen molar-refractivity contribution in [3.63, 3.8) is 0 Å². The number of rotatable bonds is 6. The summed E-state index contributed by atoms with van der Waals surface area (Å²) in [6.45, 7) is 8.31. The van der Waals surface area contributed by atoms with Crippen LogP contribution in [0.25, 0.3) is 5.57 Å². The Bertz CT molecular complexity index is 967. The van der Waals surface area contributed by atoms with E-state index in [-0.39, 0.29) is 29.8 Å². The number of ketones is 1. The summed E-state index contributed by atoms with van der Waals surface area (Å²) >= 11 is 0. The van der Waals surface area contributed by atoms with Gasteiger partial charge in [-0.2, -0.15) is 0 Å². The third-order valence-corrected chi connectivity index (χ3v) is 6.48. The van der Waals surface area contributed by atoms with Gasteiger partial charge >= 0.3 is 5.97 Å². The van der Waals surface area contributed by atoms with Crippen molar-refractivity contribution in [1.82, 2.24) is 0 Å². The Balaban J connectivity index is 1.82. The van der Waals surface area contributed by atoms with Gasteiger partial charge < -0.3 is 19.3 Å². The Kier molecular flexibility index (Phi) is 6.70. The number of aliphatic carboxylic acids is 1. The van der Waals surface area contributed by atoms with Gasteiger partial charge in [-0.15, -0.1) is 0 Å². The molecule has 6 nitrogen and oxygen atoms in total. The van der Waals surface area contributed by atoms with E-state index in [1.54, 1.807) is 6.08 Å². The van der Waals surface area contributed by atoms with Gasteiger partial charge in [0.15, 0.2) is 5.78 Å². The number of carboxylic acids is 1. The Morgan fingerprint density at radius 2 is 1.97 bits per heavy atom. The Morgan fingerprint density at radius 1 is 1.22 bits per heavy atom. The zero-order valence-corrected chi connectivity index (χ0v) is 19.1. The third kappa shape index (κ3) is 4.46. The van der Waals surface area contributed by atoms with E-state index in [0.29, 0.717) is 18.9 Å². The maximum atomic E-state index is 12.5. The SMILES string of the molecule is CCc1cc2c(cc1OCC1COC1)OC(C(C)C)C1=C2CCCCC(=O)/C(C(=O)O)=C\1. The summed E-state index contributed by atoms with van der Waals surface area (Å²) < 4.78 is 17.8. The van der Waals surface area contributed by atoms with Crippen molar-refractivity contribution in [2.45, 2.75) is 59.0 Å². The molecular weight excluding hydrogens is 408 g/mol. The number of allylic oxidation sites excluding steroid dienone is 1. The van der Waals surface area contributed by atoms with Gasteiger partial charge in [-0.05, 0) is 60.5 Å². The second-order valence-electron chi connectivity index (χ2n) is 9.23. The summed E-state index contributed by atoms with van der Waals surface area (Å²) in [6.07, 6.45) is 4.62. The molecule has 4 rings (SSSR count). The van der Waals surface area contributed by atoms with E-state index < -0.39 is 5.97 Å². The minimum absolute atomic E-state index is 0.109. The summed E-state index contributed by atoms with van der Waals surface area (Å²) in [7, 11) is 0. The summed E-state index contributed by atoms with van der Waals surface area (Å²) in [5, 5.41) is 9.70. The zero-order valence-electron chi connectivity index (χ0n) is 19.1. The molecule has 0 radical (unpaired) electrons. The average molecular weight is 441 g/mol. The third-order valence-electron chi connectivity index (χ3n) is 6.48. The largest absolute Gasteiger partial charge is 0.493 e. The highest BCUT2D eigenvalue weighted by atomic mass is 16.5. The van der Waals surface area contributed by atoms with Gasteiger partial charge in [0.05, 0.1) is 19.8 Å². The van der Waals surface area contributed by atoms with E-state index in [1.807, 2.05) is 6.07 Å². The summed E-state index contributed by atoms with van der Waals surface area (Å²) in [5.74, 6) is 0.672.